The predicted molar refractivity (Wildman–Crippen MR) is 98.9 cm³/mol. The number of carbonyl (C=O) groups is 3. The standard InChI is InChI=1S/C19H24F3N3O4/c1-2-3-9-29-17(27)11-15-18(28)23-7-8-25(15)16(26)12-24-14-6-4-5-13(10-14)19(20,21)22/h4-6,10,15,24H,2-3,7-9,11-12H2,1H3,(H,23,28). The fraction of sp³-hybridized carbons (Fsp3) is 0.526. The third kappa shape index (κ3) is 6.65. The van der Waals surface area contributed by atoms with Crippen molar-refractivity contribution in [2.75, 3.05) is 31.6 Å². The average Bonchev–Trinajstić information content (AvgIpc) is 2.67. The third-order valence-corrected chi connectivity index (χ3v) is 4.41. The Hall–Kier alpha value is -2.78. The summed E-state index contributed by atoms with van der Waals surface area (Å²) in [6, 6.07) is 3.47. The van der Waals surface area contributed by atoms with E-state index in [0.717, 1.165) is 18.6 Å². The SMILES string of the molecule is CCCCOC(=O)CC1C(=O)NCCN1C(=O)CNc1cccc(C(F)(F)F)c1. The van der Waals surface area contributed by atoms with Crippen molar-refractivity contribution < 1.29 is 32.3 Å². The molecule has 0 bridgehead atoms. The average molecular weight is 415 g/mol. The zero-order valence-corrected chi connectivity index (χ0v) is 16.1. The maximum absolute atomic E-state index is 12.8. The van der Waals surface area contributed by atoms with Crippen LogP contribution in [0, 0.1) is 0 Å². The van der Waals surface area contributed by atoms with Crippen LogP contribution in [0.5, 0.6) is 0 Å². The molecule has 10 heteroatoms. The number of rotatable bonds is 8. The molecular weight excluding hydrogens is 391 g/mol. The second-order valence-corrected chi connectivity index (χ2v) is 6.60. The molecule has 1 aromatic carbocycles. The molecule has 160 valence electrons. The van der Waals surface area contributed by atoms with E-state index >= 15 is 0 Å². The van der Waals surface area contributed by atoms with Crippen molar-refractivity contribution in [2.24, 2.45) is 0 Å². The van der Waals surface area contributed by atoms with Gasteiger partial charge in [0.15, 0.2) is 0 Å². The topological polar surface area (TPSA) is 87.7 Å². The first kappa shape index (κ1) is 22.5. The van der Waals surface area contributed by atoms with Crippen molar-refractivity contribution in [2.45, 2.75) is 38.4 Å². The largest absolute Gasteiger partial charge is 0.466 e. The Bertz CT molecular complexity index is 740. The molecule has 1 heterocycles. The molecule has 1 saturated heterocycles. The lowest BCUT2D eigenvalue weighted by atomic mass is 10.1. The Kier molecular flexibility index (Phi) is 7.86. The van der Waals surface area contributed by atoms with Crippen LogP contribution < -0.4 is 10.6 Å². The fourth-order valence-corrected chi connectivity index (χ4v) is 2.85. The number of ether oxygens (including phenoxy) is 1. The molecule has 1 aromatic rings. The number of esters is 1. The summed E-state index contributed by atoms with van der Waals surface area (Å²) in [6.45, 7) is 2.31. The lowest BCUT2D eigenvalue weighted by Crippen LogP contribution is -2.58. The fourth-order valence-electron chi connectivity index (χ4n) is 2.85. The van der Waals surface area contributed by atoms with Crippen molar-refractivity contribution in [3.63, 3.8) is 0 Å². The number of nitrogens with zero attached hydrogens (tertiary/aromatic N) is 1. The molecule has 1 unspecified atom stereocenters. The maximum atomic E-state index is 12.8. The predicted octanol–water partition coefficient (Wildman–Crippen LogP) is 2.18. The van der Waals surface area contributed by atoms with Crippen LogP contribution in [0.25, 0.3) is 0 Å². The minimum Gasteiger partial charge on any atom is -0.466 e. The van der Waals surface area contributed by atoms with Gasteiger partial charge in [0.1, 0.15) is 6.04 Å². The molecule has 0 saturated carbocycles. The van der Waals surface area contributed by atoms with Gasteiger partial charge in [0.05, 0.1) is 25.1 Å². The molecule has 1 aliphatic heterocycles. The number of amides is 2. The number of hydrogen-bond acceptors (Lipinski definition) is 5. The highest BCUT2D eigenvalue weighted by molar-refractivity contribution is 5.93. The van der Waals surface area contributed by atoms with Crippen molar-refractivity contribution in [1.82, 2.24) is 10.2 Å². The van der Waals surface area contributed by atoms with Crippen LogP contribution >= 0.6 is 0 Å². The van der Waals surface area contributed by atoms with E-state index in [4.69, 9.17) is 4.74 Å². The van der Waals surface area contributed by atoms with Crippen molar-refractivity contribution in [1.29, 1.82) is 0 Å². The first-order valence-electron chi connectivity index (χ1n) is 9.36. The van der Waals surface area contributed by atoms with Gasteiger partial charge >= 0.3 is 12.1 Å². The highest BCUT2D eigenvalue weighted by Crippen LogP contribution is 2.30. The monoisotopic (exact) mass is 415 g/mol. The highest BCUT2D eigenvalue weighted by Gasteiger charge is 2.35. The van der Waals surface area contributed by atoms with E-state index in [0.29, 0.717) is 6.42 Å². The van der Waals surface area contributed by atoms with Crippen molar-refractivity contribution in [3.05, 3.63) is 29.8 Å². The number of unbranched alkanes of at least 4 members (excludes halogenated alkanes) is 1. The summed E-state index contributed by atoms with van der Waals surface area (Å²) in [5, 5.41) is 5.25. The molecule has 1 fully saturated rings. The second kappa shape index (κ2) is 10.1. The van der Waals surface area contributed by atoms with Crippen LogP contribution in [0.15, 0.2) is 24.3 Å². The molecule has 2 N–H and O–H groups in total. The van der Waals surface area contributed by atoms with E-state index in [1.54, 1.807) is 0 Å². The molecule has 2 amide bonds. The molecule has 29 heavy (non-hydrogen) atoms. The molecule has 0 spiro atoms. The highest BCUT2D eigenvalue weighted by atomic mass is 19.4. The minimum absolute atomic E-state index is 0.130. The van der Waals surface area contributed by atoms with Crippen molar-refractivity contribution >= 4 is 23.5 Å². The molecule has 0 aromatic heterocycles. The van der Waals surface area contributed by atoms with Gasteiger partial charge in [0.2, 0.25) is 11.8 Å². The maximum Gasteiger partial charge on any atom is 0.416 e. The van der Waals surface area contributed by atoms with E-state index < -0.39 is 35.6 Å². The zero-order valence-electron chi connectivity index (χ0n) is 16.1. The Morgan fingerprint density at radius 1 is 1.34 bits per heavy atom. The number of anilines is 1. The first-order chi connectivity index (χ1) is 13.7. The van der Waals surface area contributed by atoms with Gasteiger partial charge in [-0.15, -0.1) is 0 Å². The van der Waals surface area contributed by atoms with Crippen LogP contribution in [0.3, 0.4) is 0 Å². The lowest BCUT2D eigenvalue weighted by molar-refractivity contribution is -0.151. The van der Waals surface area contributed by atoms with Crippen LogP contribution in [0.2, 0.25) is 0 Å². The number of nitrogens with one attached hydrogen (secondary N) is 2. The molecule has 1 aliphatic rings. The molecule has 0 radical (unpaired) electrons. The molecule has 2 rings (SSSR count). The number of benzene rings is 1. The van der Waals surface area contributed by atoms with Crippen LogP contribution in [-0.2, 0) is 25.3 Å². The summed E-state index contributed by atoms with van der Waals surface area (Å²) in [6.07, 6.45) is -3.21. The summed E-state index contributed by atoms with van der Waals surface area (Å²) in [7, 11) is 0. The minimum atomic E-state index is -4.49. The van der Waals surface area contributed by atoms with E-state index in [2.05, 4.69) is 10.6 Å². The smallest absolute Gasteiger partial charge is 0.416 e. The molecule has 1 atom stereocenters. The number of carbonyl (C=O) groups excluding carboxylic acids is 3. The summed E-state index contributed by atoms with van der Waals surface area (Å²) in [4.78, 5) is 37.9. The lowest BCUT2D eigenvalue weighted by Gasteiger charge is -2.34. The van der Waals surface area contributed by atoms with Gasteiger partial charge in [-0.1, -0.05) is 19.4 Å². The second-order valence-electron chi connectivity index (χ2n) is 6.60. The number of hydrogen-bond donors (Lipinski definition) is 2. The zero-order chi connectivity index (χ0) is 21.4. The number of alkyl halides is 3. The van der Waals surface area contributed by atoms with E-state index in [1.165, 1.54) is 17.0 Å². The summed E-state index contributed by atoms with van der Waals surface area (Å²) >= 11 is 0. The Balaban J connectivity index is 1.98. The van der Waals surface area contributed by atoms with Crippen LogP contribution in [0.1, 0.15) is 31.7 Å². The number of piperazine rings is 1. The normalized spacial score (nSPS) is 16.9. The van der Waals surface area contributed by atoms with Gasteiger partial charge in [-0.2, -0.15) is 13.2 Å². The molecule has 0 aliphatic carbocycles. The number of halogens is 3. The van der Waals surface area contributed by atoms with Gasteiger partial charge in [-0.3, -0.25) is 14.4 Å². The third-order valence-electron chi connectivity index (χ3n) is 4.41. The Labute approximate surface area is 166 Å². The van der Waals surface area contributed by atoms with Crippen molar-refractivity contribution in [3.8, 4) is 0 Å². The quantitative estimate of drug-likeness (QED) is 0.502. The molecular formula is C19H24F3N3O4. The van der Waals surface area contributed by atoms with Gasteiger partial charge in [-0.05, 0) is 24.6 Å². The van der Waals surface area contributed by atoms with E-state index in [-0.39, 0.29) is 38.3 Å². The van der Waals surface area contributed by atoms with Gasteiger partial charge in [0, 0.05) is 18.8 Å². The van der Waals surface area contributed by atoms with E-state index in [9.17, 15) is 27.6 Å². The first-order valence-corrected chi connectivity index (χ1v) is 9.36. The van der Waals surface area contributed by atoms with Crippen LogP contribution in [0.4, 0.5) is 18.9 Å². The Morgan fingerprint density at radius 2 is 2.10 bits per heavy atom. The van der Waals surface area contributed by atoms with E-state index in [1.807, 2.05) is 6.92 Å². The van der Waals surface area contributed by atoms with Gasteiger partial charge in [0.25, 0.3) is 0 Å². The van der Waals surface area contributed by atoms with Gasteiger partial charge in [-0.25, -0.2) is 0 Å². The Morgan fingerprint density at radius 3 is 2.79 bits per heavy atom. The molecule has 7 nitrogen and oxygen atoms in total. The summed E-state index contributed by atoms with van der Waals surface area (Å²) < 4.78 is 43.4. The van der Waals surface area contributed by atoms with Crippen LogP contribution in [-0.4, -0.2) is 55.0 Å². The summed E-state index contributed by atoms with van der Waals surface area (Å²) in [5.74, 6) is -1.54. The summed E-state index contributed by atoms with van der Waals surface area (Å²) in [5.41, 5.74) is -0.704. The van der Waals surface area contributed by atoms with Gasteiger partial charge < -0.3 is 20.3 Å².